The predicted octanol–water partition coefficient (Wildman–Crippen LogP) is 5.97. The summed E-state index contributed by atoms with van der Waals surface area (Å²) in [6, 6.07) is 9.77. The SMILES string of the molecule is C[C@H](c1cccnc1N)N(C)c1nc(N2CCC23CN(C)C3)nc2c(F)c(-c3ccc(F)c4sc(N)c(C#N)c34)c(Cl)cc12. The number of aromatic nitrogens is 3. The van der Waals surface area contributed by atoms with Crippen molar-refractivity contribution in [2.45, 2.75) is 24.9 Å². The average molecular weight is 632 g/mol. The summed E-state index contributed by atoms with van der Waals surface area (Å²) in [4.78, 5) is 20.3. The Balaban J connectivity index is 1.47. The summed E-state index contributed by atoms with van der Waals surface area (Å²) in [5, 5.41) is 10.7. The van der Waals surface area contributed by atoms with Gasteiger partial charge in [-0.2, -0.15) is 10.2 Å². The highest BCUT2D eigenvalue weighted by Gasteiger charge is 2.53. The molecular formula is C31H28ClF2N9S. The van der Waals surface area contributed by atoms with E-state index in [-0.39, 0.29) is 53.9 Å². The number of nitrogens with zero attached hydrogens (tertiary/aromatic N) is 7. The maximum absolute atomic E-state index is 17.0. The predicted molar refractivity (Wildman–Crippen MR) is 172 cm³/mol. The molecule has 2 saturated heterocycles. The number of benzene rings is 2. The second-order valence-corrected chi connectivity index (χ2v) is 13.1. The minimum atomic E-state index is -0.693. The first-order chi connectivity index (χ1) is 21.0. The molecule has 0 unspecified atom stereocenters. The molecule has 0 saturated carbocycles. The lowest BCUT2D eigenvalue weighted by atomic mass is 9.78. The number of nitriles is 1. The van der Waals surface area contributed by atoms with E-state index in [2.05, 4.69) is 21.8 Å². The van der Waals surface area contributed by atoms with Crippen molar-refractivity contribution in [3.63, 3.8) is 0 Å². The van der Waals surface area contributed by atoms with Gasteiger partial charge >= 0.3 is 0 Å². The number of nitrogen functional groups attached to an aromatic ring is 2. The fourth-order valence-electron chi connectivity index (χ4n) is 6.63. The second-order valence-electron chi connectivity index (χ2n) is 11.6. The minimum absolute atomic E-state index is 0.0166. The van der Waals surface area contributed by atoms with Crippen LogP contribution in [0.5, 0.6) is 0 Å². The molecule has 0 amide bonds. The number of halogens is 3. The number of thiophene rings is 1. The summed E-state index contributed by atoms with van der Waals surface area (Å²) in [6.45, 7) is 4.44. The fourth-order valence-corrected chi connectivity index (χ4v) is 7.87. The Morgan fingerprint density at radius 1 is 1.20 bits per heavy atom. The van der Waals surface area contributed by atoms with Crippen LogP contribution >= 0.6 is 22.9 Å². The molecule has 2 fully saturated rings. The van der Waals surface area contributed by atoms with Gasteiger partial charge in [0.15, 0.2) is 5.82 Å². The van der Waals surface area contributed by atoms with Gasteiger partial charge in [0, 0.05) is 54.8 Å². The average Bonchev–Trinajstić information content (AvgIpc) is 3.32. The molecule has 0 radical (unpaired) electrons. The van der Waals surface area contributed by atoms with Crippen LogP contribution in [0.3, 0.4) is 0 Å². The number of hydrogen-bond acceptors (Lipinski definition) is 10. The van der Waals surface area contributed by atoms with Crippen LogP contribution in [0, 0.1) is 23.0 Å². The Morgan fingerprint density at radius 3 is 2.64 bits per heavy atom. The topological polar surface area (TPSA) is 124 Å². The number of anilines is 4. The number of pyridine rings is 1. The van der Waals surface area contributed by atoms with Gasteiger partial charge in [-0.1, -0.05) is 23.7 Å². The number of nitrogens with two attached hydrogens (primary N) is 2. The normalized spacial score (nSPS) is 16.6. The smallest absolute Gasteiger partial charge is 0.228 e. The fraction of sp³-hybridized carbons (Fsp3) is 0.290. The molecule has 5 aromatic rings. The standard InChI is InChI=1S/C31H28ClF2N9S/c1-15(16-5-4-9-38-27(16)36)42(3)29-18-11-20(32)23(17-6-7-21(33)26-22(17)19(12-35)28(37)44-26)24(34)25(18)39-30(40-29)43-10-8-31(43)13-41(2)14-31/h4-7,9,11,15H,8,10,13-14,37H2,1-3H3,(H2,36,38)/t15-/m1/s1. The third kappa shape index (κ3) is 4.07. The Kier molecular flexibility index (Phi) is 6.55. The summed E-state index contributed by atoms with van der Waals surface area (Å²) in [5.74, 6) is 0.0366. The van der Waals surface area contributed by atoms with E-state index in [0.717, 1.165) is 43.0 Å². The van der Waals surface area contributed by atoms with Gasteiger partial charge in [0.25, 0.3) is 0 Å². The van der Waals surface area contributed by atoms with Gasteiger partial charge in [0.1, 0.15) is 34.0 Å². The Bertz CT molecular complexity index is 2040. The number of likely N-dealkylation sites (tertiary alicyclic amines) is 1. The molecule has 5 heterocycles. The molecular weight excluding hydrogens is 604 g/mol. The summed E-state index contributed by atoms with van der Waals surface area (Å²) < 4.78 is 32.0. The van der Waals surface area contributed by atoms with Crippen LogP contribution in [0.2, 0.25) is 5.02 Å². The molecule has 224 valence electrons. The molecule has 2 aliphatic rings. The van der Waals surface area contributed by atoms with Crippen molar-refractivity contribution in [1.29, 1.82) is 5.26 Å². The van der Waals surface area contributed by atoms with E-state index in [0.29, 0.717) is 23.0 Å². The lowest BCUT2D eigenvalue weighted by molar-refractivity contribution is 0.0454. The first-order valence-corrected chi connectivity index (χ1v) is 15.2. The van der Waals surface area contributed by atoms with Gasteiger partial charge in [0.2, 0.25) is 5.95 Å². The van der Waals surface area contributed by atoms with Crippen molar-refractivity contribution in [3.8, 4) is 17.2 Å². The highest BCUT2D eigenvalue weighted by Crippen LogP contribution is 2.47. The van der Waals surface area contributed by atoms with Crippen molar-refractivity contribution >= 4 is 66.5 Å². The van der Waals surface area contributed by atoms with Crippen LogP contribution < -0.4 is 21.3 Å². The van der Waals surface area contributed by atoms with Crippen LogP contribution in [0.15, 0.2) is 36.5 Å². The van der Waals surface area contributed by atoms with Gasteiger partial charge in [-0.15, -0.1) is 11.3 Å². The summed E-state index contributed by atoms with van der Waals surface area (Å²) in [5.41, 5.74) is 13.4. The molecule has 9 nitrogen and oxygen atoms in total. The van der Waals surface area contributed by atoms with Crippen LogP contribution in [-0.4, -0.2) is 59.1 Å². The Labute approximate surface area is 261 Å². The van der Waals surface area contributed by atoms with E-state index in [1.165, 1.54) is 12.1 Å². The highest BCUT2D eigenvalue weighted by molar-refractivity contribution is 7.23. The summed E-state index contributed by atoms with van der Waals surface area (Å²) in [6.07, 6.45) is 2.62. The van der Waals surface area contributed by atoms with Crippen molar-refractivity contribution in [1.82, 2.24) is 19.9 Å². The monoisotopic (exact) mass is 631 g/mol. The van der Waals surface area contributed by atoms with Crippen molar-refractivity contribution in [3.05, 3.63) is 64.3 Å². The number of rotatable bonds is 5. The van der Waals surface area contributed by atoms with Crippen LogP contribution in [-0.2, 0) is 0 Å². The largest absolute Gasteiger partial charge is 0.389 e. The zero-order valence-electron chi connectivity index (χ0n) is 24.2. The van der Waals surface area contributed by atoms with E-state index < -0.39 is 11.6 Å². The summed E-state index contributed by atoms with van der Waals surface area (Å²) in [7, 11) is 3.93. The maximum atomic E-state index is 17.0. The molecule has 2 aromatic carbocycles. The van der Waals surface area contributed by atoms with Gasteiger partial charge in [-0.25, -0.2) is 18.7 Å². The highest BCUT2D eigenvalue weighted by atomic mass is 35.5. The van der Waals surface area contributed by atoms with E-state index in [1.807, 2.05) is 37.1 Å². The van der Waals surface area contributed by atoms with E-state index >= 15 is 4.39 Å². The third-order valence-corrected chi connectivity index (χ3v) is 10.4. The molecule has 7 rings (SSSR count). The molecule has 4 N–H and O–H groups in total. The second kappa shape index (κ2) is 10.1. The van der Waals surface area contributed by atoms with E-state index in [1.54, 1.807) is 12.3 Å². The molecule has 2 aliphatic heterocycles. The van der Waals surface area contributed by atoms with Crippen LogP contribution in [0.1, 0.15) is 30.5 Å². The lowest BCUT2D eigenvalue weighted by Crippen LogP contribution is -2.76. The number of likely N-dealkylation sites (N-methyl/N-ethyl adjacent to an activating group) is 1. The number of fused-ring (bicyclic) bond motifs is 2. The Hall–Kier alpha value is -4.31. The first-order valence-electron chi connectivity index (χ1n) is 14.0. The van der Waals surface area contributed by atoms with Gasteiger partial charge < -0.3 is 26.2 Å². The zero-order valence-corrected chi connectivity index (χ0v) is 25.8. The third-order valence-electron chi connectivity index (χ3n) is 9.03. The van der Waals surface area contributed by atoms with Crippen molar-refractivity contribution in [2.75, 3.05) is 55.0 Å². The number of hydrogen-bond donors (Lipinski definition) is 2. The molecule has 0 bridgehead atoms. The van der Waals surface area contributed by atoms with Gasteiger partial charge in [0.05, 0.1) is 26.9 Å². The van der Waals surface area contributed by atoms with Gasteiger partial charge in [-0.3, -0.25) is 0 Å². The van der Waals surface area contributed by atoms with E-state index in [9.17, 15) is 9.65 Å². The van der Waals surface area contributed by atoms with Crippen molar-refractivity contribution in [2.24, 2.45) is 0 Å². The van der Waals surface area contributed by atoms with E-state index in [4.69, 9.17) is 33.0 Å². The molecule has 1 atom stereocenters. The Morgan fingerprint density at radius 2 is 1.98 bits per heavy atom. The zero-order chi connectivity index (χ0) is 31.1. The van der Waals surface area contributed by atoms with Crippen LogP contribution in [0.4, 0.5) is 31.4 Å². The molecule has 3 aromatic heterocycles. The molecule has 13 heteroatoms. The first kappa shape index (κ1) is 28.5. The molecule has 44 heavy (non-hydrogen) atoms. The van der Waals surface area contributed by atoms with Gasteiger partial charge in [-0.05, 0) is 44.2 Å². The lowest BCUT2D eigenvalue weighted by Gasteiger charge is -2.61. The van der Waals surface area contributed by atoms with Crippen LogP contribution in [0.25, 0.3) is 32.1 Å². The minimum Gasteiger partial charge on any atom is -0.389 e. The molecule has 0 aliphatic carbocycles. The summed E-state index contributed by atoms with van der Waals surface area (Å²) >= 11 is 7.80. The molecule has 1 spiro atoms. The van der Waals surface area contributed by atoms with Crippen molar-refractivity contribution < 1.29 is 8.78 Å². The quantitative estimate of drug-likeness (QED) is 0.241. The maximum Gasteiger partial charge on any atom is 0.228 e.